The summed E-state index contributed by atoms with van der Waals surface area (Å²) in [5, 5.41) is 14.2. The van der Waals surface area contributed by atoms with Crippen LogP contribution in [0.15, 0.2) is 61.1 Å². The zero-order valence-corrected chi connectivity index (χ0v) is 11.9. The van der Waals surface area contributed by atoms with Crippen LogP contribution < -0.4 is 5.32 Å². The third-order valence-corrected chi connectivity index (χ3v) is 3.61. The Morgan fingerprint density at radius 1 is 1.04 bits per heavy atom. The summed E-state index contributed by atoms with van der Waals surface area (Å²) < 4.78 is 1.90. The molecule has 0 saturated heterocycles. The fourth-order valence-electron chi connectivity index (χ4n) is 2.56. The minimum absolute atomic E-state index is 0.000115. The van der Waals surface area contributed by atoms with Gasteiger partial charge in [-0.25, -0.2) is 9.97 Å². The molecule has 2 heterocycles. The molecule has 0 spiro atoms. The Balaban J connectivity index is 1.92. The number of hydrogen-bond donors (Lipinski definition) is 1. The highest BCUT2D eigenvalue weighted by Crippen LogP contribution is 2.29. The van der Waals surface area contributed by atoms with Crippen molar-refractivity contribution in [1.29, 1.82) is 0 Å². The highest BCUT2D eigenvalue weighted by Gasteiger charge is 2.15. The minimum Gasteiger partial charge on any atom is -0.333 e. The average Bonchev–Trinajstić information content (AvgIpc) is 3.05. The molecule has 7 heteroatoms. The molecule has 2 aromatic heterocycles. The maximum Gasteiger partial charge on any atom is 0.292 e. The zero-order valence-electron chi connectivity index (χ0n) is 11.9. The molecule has 7 nitrogen and oxygen atoms in total. The molecule has 1 N–H and O–H groups in total. The van der Waals surface area contributed by atoms with E-state index < -0.39 is 4.92 Å². The summed E-state index contributed by atoms with van der Waals surface area (Å²) in [6.45, 7) is 0. The molecule has 112 valence electrons. The van der Waals surface area contributed by atoms with E-state index in [2.05, 4.69) is 15.3 Å². The second kappa shape index (κ2) is 5.06. The van der Waals surface area contributed by atoms with E-state index >= 15 is 0 Å². The number of nitro groups is 1. The van der Waals surface area contributed by atoms with Crippen LogP contribution in [0.3, 0.4) is 0 Å². The van der Waals surface area contributed by atoms with Crippen molar-refractivity contribution in [3.63, 3.8) is 0 Å². The highest BCUT2D eigenvalue weighted by molar-refractivity contribution is 5.86. The van der Waals surface area contributed by atoms with Crippen LogP contribution in [-0.4, -0.2) is 19.3 Å². The maximum absolute atomic E-state index is 11.2. The third-order valence-electron chi connectivity index (χ3n) is 3.61. The van der Waals surface area contributed by atoms with Gasteiger partial charge in [-0.2, -0.15) is 0 Å². The number of para-hydroxylation sites is 4. The van der Waals surface area contributed by atoms with Crippen LogP contribution in [0.1, 0.15) is 0 Å². The van der Waals surface area contributed by atoms with Crippen LogP contribution in [0.4, 0.5) is 17.2 Å². The standard InChI is InChI=1S/C16H11N5O2/c22-21(23)14-8-4-2-6-12(14)19-16-15-9-17-10-20(15)13-7-3-1-5-11(13)18-16/h1-10H,(H,18,19). The Hall–Kier alpha value is -3.48. The topological polar surface area (TPSA) is 85.4 Å². The molecule has 0 aliphatic rings. The molecule has 0 saturated carbocycles. The summed E-state index contributed by atoms with van der Waals surface area (Å²) in [7, 11) is 0. The van der Waals surface area contributed by atoms with E-state index in [9.17, 15) is 10.1 Å². The monoisotopic (exact) mass is 305 g/mol. The average molecular weight is 305 g/mol. The molecule has 0 fully saturated rings. The molecule has 0 aliphatic carbocycles. The zero-order chi connectivity index (χ0) is 15.8. The van der Waals surface area contributed by atoms with Gasteiger partial charge in [0, 0.05) is 6.07 Å². The maximum atomic E-state index is 11.2. The fraction of sp³-hybridized carbons (Fsp3) is 0. The number of nitrogens with one attached hydrogen (secondary N) is 1. The lowest BCUT2D eigenvalue weighted by Gasteiger charge is -2.10. The molecule has 2 aromatic carbocycles. The van der Waals surface area contributed by atoms with Crippen LogP contribution in [-0.2, 0) is 0 Å². The molecule has 4 aromatic rings. The highest BCUT2D eigenvalue weighted by atomic mass is 16.6. The van der Waals surface area contributed by atoms with E-state index in [1.165, 1.54) is 6.07 Å². The summed E-state index contributed by atoms with van der Waals surface area (Å²) in [6, 6.07) is 14.1. The summed E-state index contributed by atoms with van der Waals surface area (Å²) in [5.41, 5.74) is 2.84. The van der Waals surface area contributed by atoms with Crippen molar-refractivity contribution >= 4 is 33.7 Å². The lowest BCUT2D eigenvalue weighted by molar-refractivity contribution is -0.383. The van der Waals surface area contributed by atoms with E-state index in [0.717, 1.165) is 16.6 Å². The molecule has 0 amide bonds. The fourth-order valence-corrected chi connectivity index (χ4v) is 2.56. The van der Waals surface area contributed by atoms with Gasteiger partial charge in [0.05, 0.1) is 28.5 Å². The van der Waals surface area contributed by atoms with E-state index in [-0.39, 0.29) is 5.69 Å². The van der Waals surface area contributed by atoms with Crippen LogP contribution in [0.5, 0.6) is 0 Å². The van der Waals surface area contributed by atoms with Crippen molar-refractivity contribution in [2.75, 3.05) is 5.32 Å². The molecule has 0 unspecified atom stereocenters. The Morgan fingerprint density at radius 3 is 2.70 bits per heavy atom. The van der Waals surface area contributed by atoms with Gasteiger partial charge in [0.25, 0.3) is 5.69 Å². The van der Waals surface area contributed by atoms with Gasteiger partial charge < -0.3 is 5.32 Å². The second-order valence-electron chi connectivity index (χ2n) is 5.00. The first-order valence-electron chi connectivity index (χ1n) is 6.95. The van der Waals surface area contributed by atoms with Crippen LogP contribution >= 0.6 is 0 Å². The van der Waals surface area contributed by atoms with Crippen molar-refractivity contribution in [1.82, 2.24) is 14.4 Å². The first-order valence-corrected chi connectivity index (χ1v) is 6.95. The van der Waals surface area contributed by atoms with E-state index in [1.807, 2.05) is 28.7 Å². The predicted octanol–water partition coefficient (Wildman–Crippen LogP) is 3.53. The van der Waals surface area contributed by atoms with Gasteiger partial charge >= 0.3 is 0 Å². The molecule has 0 bridgehead atoms. The largest absolute Gasteiger partial charge is 0.333 e. The smallest absolute Gasteiger partial charge is 0.292 e. The van der Waals surface area contributed by atoms with E-state index in [0.29, 0.717) is 11.5 Å². The molecular weight excluding hydrogens is 294 g/mol. The number of aromatic nitrogens is 3. The van der Waals surface area contributed by atoms with Gasteiger partial charge in [0.2, 0.25) is 0 Å². The number of anilines is 2. The van der Waals surface area contributed by atoms with Gasteiger partial charge in [0.15, 0.2) is 5.82 Å². The van der Waals surface area contributed by atoms with Crippen LogP contribution in [0, 0.1) is 10.1 Å². The molecule has 0 aliphatic heterocycles. The summed E-state index contributed by atoms with van der Waals surface area (Å²) in [4.78, 5) is 19.5. The van der Waals surface area contributed by atoms with E-state index in [4.69, 9.17) is 0 Å². The molecular formula is C16H11N5O2. The Labute approximate surface area is 130 Å². The van der Waals surface area contributed by atoms with Gasteiger partial charge in [-0.3, -0.25) is 14.5 Å². The number of rotatable bonds is 3. The SMILES string of the molecule is O=[N+]([O-])c1ccccc1Nc1nc2ccccc2n2cncc12. The predicted molar refractivity (Wildman–Crippen MR) is 86.9 cm³/mol. The summed E-state index contributed by atoms with van der Waals surface area (Å²) >= 11 is 0. The number of hydrogen-bond acceptors (Lipinski definition) is 5. The first kappa shape index (κ1) is 13.2. The number of fused-ring (bicyclic) bond motifs is 3. The molecule has 0 atom stereocenters. The Morgan fingerprint density at radius 2 is 1.83 bits per heavy atom. The summed E-state index contributed by atoms with van der Waals surface area (Å²) in [6.07, 6.45) is 3.38. The van der Waals surface area contributed by atoms with Gasteiger partial charge in [-0.15, -0.1) is 0 Å². The quantitative estimate of drug-likeness (QED) is 0.462. The number of nitro benzene ring substituents is 1. The summed E-state index contributed by atoms with van der Waals surface area (Å²) in [5.74, 6) is 0.524. The molecule has 4 rings (SSSR count). The second-order valence-corrected chi connectivity index (χ2v) is 5.00. The van der Waals surface area contributed by atoms with Crippen molar-refractivity contribution in [2.24, 2.45) is 0 Å². The minimum atomic E-state index is -0.420. The lowest BCUT2D eigenvalue weighted by atomic mass is 10.2. The van der Waals surface area contributed by atoms with E-state index in [1.54, 1.807) is 30.7 Å². The number of benzene rings is 2. The van der Waals surface area contributed by atoms with Gasteiger partial charge in [0.1, 0.15) is 11.2 Å². The first-order chi connectivity index (χ1) is 11.2. The molecule has 23 heavy (non-hydrogen) atoms. The number of imidazole rings is 1. The van der Waals surface area contributed by atoms with Crippen molar-refractivity contribution in [2.45, 2.75) is 0 Å². The van der Waals surface area contributed by atoms with Gasteiger partial charge in [-0.1, -0.05) is 24.3 Å². The third kappa shape index (κ3) is 2.15. The Bertz CT molecular complexity index is 1040. The van der Waals surface area contributed by atoms with Crippen molar-refractivity contribution in [3.8, 4) is 0 Å². The molecule has 0 radical (unpaired) electrons. The number of nitrogens with zero attached hydrogens (tertiary/aromatic N) is 4. The lowest BCUT2D eigenvalue weighted by Crippen LogP contribution is -2.01. The van der Waals surface area contributed by atoms with Crippen molar-refractivity contribution in [3.05, 3.63) is 71.2 Å². The van der Waals surface area contributed by atoms with Crippen LogP contribution in [0.2, 0.25) is 0 Å². The normalized spacial score (nSPS) is 11.0. The van der Waals surface area contributed by atoms with Gasteiger partial charge in [-0.05, 0) is 18.2 Å². The Kier molecular flexibility index (Phi) is 2.90. The van der Waals surface area contributed by atoms with Crippen molar-refractivity contribution < 1.29 is 4.92 Å². The van der Waals surface area contributed by atoms with Crippen LogP contribution in [0.25, 0.3) is 16.6 Å².